The van der Waals surface area contributed by atoms with Gasteiger partial charge >= 0.3 is 11.9 Å². The Morgan fingerprint density at radius 1 is 0.575 bits per heavy atom. The molecule has 0 saturated heterocycles. The van der Waals surface area contributed by atoms with Crippen molar-refractivity contribution < 1.29 is 29.1 Å². The third-order valence-electron chi connectivity index (χ3n) is 6.98. The van der Waals surface area contributed by atoms with Crippen LogP contribution in [-0.4, -0.2) is 18.2 Å². The summed E-state index contributed by atoms with van der Waals surface area (Å²) in [5.74, 6) is -1.27. The lowest BCUT2D eigenvalue weighted by atomic mass is 9.87. The van der Waals surface area contributed by atoms with E-state index >= 15 is 0 Å². The first kappa shape index (κ1) is 33.5. The van der Waals surface area contributed by atoms with Gasteiger partial charge in [-0.15, -0.1) is 9.78 Å². The van der Waals surface area contributed by atoms with Crippen LogP contribution in [0.3, 0.4) is 0 Å². The standard InChI is InChI=1S/C34H50O6/c1-8-9-10-11-12-13-14-15-16-17-30(37-39-31(35)26-18-22-28(23-19-26)33(2,3)4)38-40-32(36)27-20-24-29(25-21-27)34(5,6)7/h18-25,30H,8-17H2,1-7H3. The second-order valence-corrected chi connectivity index (χ2v) is 12.6. The Kier molecular flexibility index (Phi) is 13.9. The molecular weight excluding hydrogens is 504 g/mol. The molecule has 0 bridgehead atoms. The molecule has 0 aliphatic carbocycles. The lowest BCUT2D eigenvalue weighted by Gasteiger charge is -2.19. The normalized spacial score (nSPS) is 12.0. The number of carbonyl (C=O) groups excluding carboxylic acids is 2. The van der Waals surface area contributed by atoms with Crippen molar-refractivity contribution in [2.75, 3.05) is 0 Å². The second-order valence-electron chi connectivity index (χ2n) is 12.6. The second kappa shape index (κ2) is 16.5. The van der Waals surface area contributed by atoms with E-state index in [2.05, 4.69) is 48.5 Å². The maximum Gasteiger partial charge on any atom is 0.373 e. The van der Waals surface area contributed by atoms with E-state index in [9.17, 15) is 9.59 Å². The summed E-state index contributed by atoms with van der Waals surface area (Å²) in [7, 11) is 0. The average molecular weight is 555 g/mol. The number of benzene rings is 2. The van der Waals surface area contributed by atoms with Crippen molar-refractivity contribution in [3.63, 3.8) is 0 Å². The molecule has 0 atom stereocenters. The highest BCUT2D eigenvalue weighted by atomic mass is 17.3. The van der Waals surface area contributed by atoms with E-state index in [4.69, 9.17) is 19.6 Å². The Balaban J connectivity index is 1.91. The molecule has 0 amide bonds. The van der Waals surface area contributed by atoms with Crippen molar-refractivity contribution in [1.29, 1.82) is 0 Å². The third-order valence-corrected chi connectivity index (χ3v) is 6.98. The molecule has 6 heteroatoms. The topological polar surface area (TPSA) is 71.1 Å². The van der Waals surface area contributed by atoms with Gasteiger partial charge in [0.15, 0.2) is 0 Å². The summed E-state index contributed by atoms with van der Waals surface area (Å²) < 4.78 is 0. The van der Waals surface area contributed by atoms with Crippen molar-refractivity contribution in [2.45, 2.75) is 130 Å². The van der Waals surface area contributed by atoms with Gasteiger partial charge in [-0.3, -0.25) is 9.78 Å². The average Bonchev–Trinajstić information content (AvgIpc) is 2.92. The fraction of sp³-hybridized carbons (Fsp3) is 0.588. The minimum absolute atomic E-state index is 0.0235. The summed E-state index contributed by atoms with van der Waals surface area (Å²) in [5.41, 5.74) is 2.91. The fourth-order valence-corrected chi connectivity index (χ4v) is 4.24. The summed E-state index contributed by atoms with van der Waals surface area (Å²) in [6.07, 6.45) is 9.84. The molecule has 0 radical (unpaired) electrons. The van der Waals surface area contributed by atoms with E-state index < -0.39 is 18.2 Å². The molecule has 0 aromatic heterocycles. The Labute approximate surface area is 241 Å². The van der Waals surface area contributed by atoms with Gasteiger partial charge < -0.3 is 0 Å². The predicted molar refractivity (Wildman–Crippen MR) is 159 cm³/mol. The minimum atomic E-state index is -1.03. The first-order valence-corrected chi connectivity index (χ1v) is 14.9. The third kappa shape index (κ3) is 12.2. The van der Waals surface area contributed by atoms with E-state index in [0.29, 0.717) is 17.5 Å². The Morgan fingerprint density at radius 2 is 0.925 bits per heavy atom. The molecule has 2 aromatic rings. The highest BCUT2D eigenvalue weighted by molar-refractivity contribution is 5.89. The van der Waals surface area contributed by atoms with Crippen LogP contribution in [0.2, 0.25) is 0 Å². The van der Waals surface area contributed by atoms with Gasteiger partial charge in [0.05, 0.1) is 11.1 Å². The first-order chi connectivity index (χ1) is 18.9. The summed E-state index contributed by atoms with van der Waals surface area (Å²) >= 11 is 0. The number of hydrogen-bond acceptors (Lipinski definition) is 6. The van der Waals surface area contributed by atoms with Gasteiger partial charge in [-0.1, -0.05) is 124 Å². The molecule has 40 heavy (non-hydrogen) atoms. The van der Waals surface area contributed by atoms with Crippen molar-refractivity contribution in [3.8, 4) is 0 Å². The van der Waals surface area contributed by atoms with Crippen LogP contribution in [0.4, 0.5) is 0 Å². The molecule has 2 rings (SSSR count). The van der Waals surface area contributed by atoms with Crippen LogP contribution in [0.25, 0.3) is 0 Å². The van der Waals surface area contributed by atoms with Crippen LogP contribution < -0.4 is 0 Å². The Morgan fingerprint density at radius 3 is 1.27 bits per heavy atom. The SMILES string of the molecule is CCCCCCCCCCCC(OOC(=O)c1ccc(C(C)(C)C)cc1)OOC(=O)c1ccc(C(C)(C)C)cc1. The Bertz CT molecular complexity index is 939. The van der Waals surface area contributed by atoms with Crippen molar-refractivity contribution in [3.05, 3.63) is 70.8 Å². The van der Waals surface area contributed by atoms with Gasteiger partial charge in [0.2, 0.25) is 6.29 Å². The molecule has 6 nitrogen and oxygen atoms in total. The lowest BCUT2D eigenvalue weighted by molar-refractivity contribution is -0.421. The quantitative estimate of drug-likeness (QED) is 0.0891. The van der Waals surface area contributed by atoms with Crippen LogP contribution in [0.5, 0.6) is 0 Å². The highest BCUT2D eigenvalue weighted by Gasteiger charge is 2.21. The Hall–Kier alpha value is -2.70. The molecular formula is C34H50O6. The van der Waals surface area contributed by atoms with Gasteiger partial charge in [-0.25, -0.2) is 9.59 Å². The summed E-state index contributed by atoms with van der Waals surface area (Å²) in [6.45, 7) is 14.9. The molecule has 0 unspecified atom stereocenters. The monoisotopic (exact) mass is 554 g/mol. The highest BCUT2D eigenvalue weighted by Crippen LogP contribution is 2.24. The summed E-state index contributed by atoms with van der Waals surface area (Å²) in [4.78, 5) is 46.0. The van der Waals surface area contributed by atoms with Crippen LogP contribution in [0, 0.1) is 0 Å². The van der Waals surface area contributed by atoms with Crippen LogP contribution >= 0.6 is 0 Å². The molecule has 222 valence electrons. The van der Waals surface area contributed by atoms with Crippen molar-refractivity contribution in [2.24, 2.45) is 0 Å². The van der Waals surface area contributed by atoms with Crippen LogP contribution in [0.15, 0.2) is 48.5 Å². The maximum absolute atomic E-state index is 12.6. The van der Waals surface area contributed by atoms with E-state index in [1.165, 1.54) is 38.5 Å². The minimum Gasteiger partial charge on any atom is -0.290 e. The molecule has 0 N–H and O–H groups in total. The van der Waals surface area contributed by atoms with E-state index in [0.717, 1.165) is 30.4 Å². The van der Waals surface area contributed by atoms with Gasteiger partial charge in [-0.05, 0) is 52.6 Å². The molecule has 0 aliphatic rings. The van der Waals surface area contributed by atoms with E-state index in [-0.39, 0.29) is 10.8 Å². The zero-order chi connectivity index (χ0) is 29.6. The zero-order valence-electron chi connectivity index (χ0n) is 25.7. The van der Waals surface area contributed by atoms with Gasteiger partial charge in [0.1, 0.15) is 0 Å². The molecule has 0 fully saturated rings. The van der Waals surface area contributed by atoms with Crippen molar-refractivity contribution >= 4 is 11.9 Å². The lowest BCUT2D eigenvalue weighted by Crippen LogP contribution is -2.22. The summed E-state index contributed by atoms with van der Waals surface area (Å²) in [5, 5.41) is 0. The van der Waals surface area contributed by atoms with Crippen LogP contribution in [-0.2, 0) is 30.4 Å². The van der Waals surface area contributed by atoms with Crippen LogP contribution in [0.1, 0.15) is 145 Å². The van der Waals surface area contributed by atoms with E-state index in [1.54, 1.807) is 24.3 Å². The van der Waals surface area contributed by atoms with Gasteiger partial charge in [0, 0.05) is 6.42 Å². The summed E-state index contributed by atoms with van der Waals surface area (Å²) in [6, 6.07) is 14.5. The zero-order valence-corrected chi connectivity index (χ0v) is 25.7. The molecule has 0 spiro atoms. The first-order valence-electron chi connectivity index (χ1n) is 14.9. The molecule has 0 aliphatic heterocycles. The van der Waals surface area contributed by atoms with Gasteiger partial charge in [0.25, 0.3) is 0 Å². The maximum atomic E-state index is 12.6. The fourth-order valence-electron chi connectivity index (χ4n) is 4.24. The number of rotatable bonds is 16. The molecule has 0 heterocycles. The van der Waals surface area contributed by atoms with Crippen molar-refractivity contribution in [1.82, 2.24) is 0 Å². The number of carbonyl (C=O) groups is 2. The molecule has 2 aromatic carbocycles. The number of unbranched alkanes of at least 4 members (excludes halogenated alkanes) is 8. The smallest absolute Gasteiger partial charge is 0.290 e. The predicted octanol–water partition coefficient (Wildman–Crippen LogP) is 9.41. The van der Waals surface area contributed by atoms with Gasteiger partial charge in [-0.2, -0.15) is 0 Å². The largest absolute Gasteiger partial charge is 0.373 e. The van der Waals surface area contributed by atoms with E-state index in [1.807, 2.05) is 24.3 Å². The molecule has 0 saturated carbocycles. The number of hydrogen-bond donors (Lipinski definition) is 0.